The van der Waals surface area contributed by atoms with E-state index in [-0.39, 0.29) is 10.6 Å². The van der Waals surface area contributed by atoms with Crippen LogP contribution in [0.3, 0.4) is 0 Å². The average molecular weight is 465 g/mol. The second-order valence-electron chi connectivity index (χ2n) is 6.28. The van der Waals surface area contributed by atoms with Crippen LogP contribution in [0.15, 0.2) is 41.3 Å². The van der Waals surface area contributed by atoms with Gasteiger partial charge in [-0.1, -0.05) is 17.7 Å². The lowest BCUT2D eigenvalue weighted by Crippen LogP contribution is -2.36. The number of thioether (sulfide) groups is 1. The van der Waals surface area contributed by atoms with Crippen LogP contribution >= 0.6 is 23.4 Å². The van der Waals surface area contributed by atoms with Crippen molar-refractivity contribution in [1.29, 1.82) is 0 Å². The van der Waals surface area contributed by atoms with Crippen molar-refractivity contribution in [2.24, 2.45) is 0 Å². The van der Waals surface area contributed by atoms with Gasteiger partial charge in [0.2, 0.25) is 5.91 Å². The van der Waals surface area contributed by atoms with E-state index in [9.17, 15) is 18.8 Å². The van der Waals surface area contributed by atoms with Crippen LogP contribution in [-0.4, -0.2) is 42.2 Å². The molecule has 1 aliphatic rings. The minimum atomic E-state index is -0.631. The first-order valence-electron chi connectivity index (χ1n) is 9.13. The molecule has 0 aliphatic carbocycles. The minimum absolute atomic E-state index is 0.108. The lowest BCUT2D eigenvalue weighted by Gasteiger charge is -2.13. The van der Waals surface area contributed by atoms with Crippen LogP contribution in [-0.2, 0) is 9.59 Å². The lowest BCUT2D eigenvalue weighted by molar-refractivity contribution is -0.127. The Labute approximate surface area is 187 Å². The molecule has 0 radical (unpaired) electrons. The van der Waals surface area contributed by atoms with Crippen LogP contribution in [0, 0.1) is 5.82 Å². The fourth-order valence-electron chi connectivity index (χ4n) is 2.78. The zero-order valence-corrected chi connectivity index (χ0v) is 18.2. The van der Waals surface area contributed by atoms with Crippen molar-refractivity contribution < 1.29 is 28.2 Å². The molecule has 0 saturated carbocycles. The number of methoxy groups -OCH3 is 1. The molecule has 2 aromatic carbocycles. The molecule has 0 spiro atoms. The smallest absolute Gasteiger partial charge is 0.294 e. The Bertz CT molecular complexity index is 1080. The zero-order valence-electron chi connectivity index (χ0n) is 16.6. The number of carbonyl (C=O) groups is 3. The number of hydrogen-bond donors (Lipinski definition) is 1. The molecule has 3 rings (SSSR count). The molecule has 162 valence electrons. The van der Waals surface area contributed by atoms with Gasteiger partial charge in [0.1, 0.15) is 12.4 Å². The van der Waals surface area contributed by atoms with Gasteiger partial charge in [0.15, 0.2) is 11.5 Å². The summed E-state index contributed by atoms with van der Waals surface area (Å²) in [6.07, 6.45) is 1.45. The molecule has 1 fully saturated rings. The van der Waals surface area contributed by atoms with E-state index in [1.54, 1.807) is 12.1 Å². The Hall–Kier alpha value is -3.04. The Balaban J connectivity index is 1.76. The summed E-state index contributed by atoms with van der Waals surface area (Å²) >= 11 is 6.98. The van der Waals surface area contributed by atoms with E-state index in [2.05, 4.69) is 5.32 Å². The summed E-state index contributed by atoms with van der Waals surface area (Å²) in [6.45, 7) is 1.74. The third-order valence-electron chi connectivity index (χ3n) is 4.15. The first kappa shape index (κ1) is 22.6. The minimum Gasteiger partial charge on any atom is -0.493 e. The standard InChI is InChI=1S/C21H18ClFN2O5S/c1-3-30-17-10-15(22)12(7-16(17)29-2)8-18-20(27)25(21(28)31-18)11-19(26)24-14-6-4-5-13(23)9-14/h4-10H,3,11H2,1-2H3,(H,24,26)/b18-8+. The van der Waals surface area contributed by atoms with Crippen molar-refractivity contribution in [3.8, 4) is 11.5 Å². The van der Waals surface area contributed by atoms with Crippen LogP contribution in [0.5, 0.6) is 11.5 Å². The molecule has 2 aromatic rings. The molecule has 7 nitrogen and oxygen atoms in total. The highest BCUT2D eigenvalue weighted by atomic mass is 35.5. The zero-order chi connectivity index (χ0) is 22.5. The van der Waals surface area contributed by atoms with E-state index in [1.165, 1.54) is 31.4 Å². The monoisotopic (exact) mass is 464 g/mol. The summed E-state index contributed by atoms with van der Waals surface area (Å²) in [5.74, 6) is -0.904. The van der Waals surface area contributed by atoms with Gasteiger partial charge in [-0.15, -0.1) is 0 Å². The largest absolute Gasteiger partial charge is 0.493 e. The molecule has 0 unspecified atom stereocenters. The molecular formula is C21H18ClFN2O5S. The van der Waals surface area contributed by atoms with Crippen LogP contribution in [0.1, 0.15) is 12.5 Å². The third-order valence-corrected chi connectivity index (χ3v) is 5.39. The van der Waals surface area contributed by atoms with Crippen LogP contribution < -0.4 is 14.8 Å². The first-order valence-corrected chi connectivity index (χ1v) is 10.3. The van der Waals surface area contributed by atoms with Gasteiger partial charge >= 0.3 is 0 Å². The number of halogens is 2. The number of imide groups is 1. The summed E-state index contributed by atoms with van der Waals surface area (Å²) in [7, 11) is 1.47. The van der Waals surface area contributed by atoms with Crippen LogP contribution in [0.2, 0.25) is 5.02 Å². The SMILES string of the molecule is CCOc1cc(Cl)c(/C=C2/SC(=O)N(CC(=O)Nc3cccc(F)c3)C2=O)cc1OC. The fraction of sp³-hybridized carbons (Fsp3) is 0.190. The quantitative estimate of drug-likeness (QED) is 0.604. The van der Waals surface area contributed by atoms with E-state index >= 15 is 0 Å². The van der Waals surface area contributed by atoms with Gasteiger partial charge in [-0.2, -0.15) is 0 Å². The summed E-state index contributed by atoms with van der Waals surface area (Å²) < 4.78 is 24.0. The molecule has 3 amide bonds. The maximum absolute atomic E-state index is 13.3. The van der Waals surface area contributed by atoms with E-state index < -0.39 is 29.4 Å². The lowest BCUT2D eigenvalue weighted by atomic mass is 10.1. The highest BCUT2D eigenvalue weighted by molar-refractivity contribution is 8.18. The predicted molar refractivity (Wildman–Crippen MR) is 117 cm³/mol. The normalized spacial score (nSPS) is 14.8. The van der Waals surface area contributed by atoms with E-state index in [0.29, 0.717) is 40.5 Å². The topological polar surface area (TPSA) is 84.9 Å². The van der Waals surface area contributed by atoms with Crippen molar-refractivity contribution in [3.63, 3.8) is 0 Å². The van der Waals surface area contributed by atoms with Gasteiger partial charge in [0, 0.05) is 11.8 Å². The average Bonchev–Trinajstić information content (AvgIpc) is 2.97. The second-order valence-corrected chi connectivity index (χ2v) is 7.68. The molecule has 1 saturated heterocycles. The molecule has 31 heavy (non-hydrogen) atoms. The summed E-state index contributed by atoms with van der Waals surface area (Å²) in [6, 6.07) is 8.45. The maximum Gasteiger partial charge on any atom is 0.294 e. The fourth-order valence-corrected chi connectivity index (χ4v) is 3.81. The van der Waals surface area contributed by atoms with Crippen molar-refractivity contribution in [1.82, 2.24) is 4.90 Å². The molecule has 1 N–H and O–H groups in total. The number of amides is 3. The molecular weight excluding hydrogens is 447 g/mol. The maximum atomic E-state index is 13.3. The molecule has 0 atom stereocenters. The second kappa shape index (κ2) is 9.84. The number of rotatable bonds is 7. The number of benzene rings is 2. The van der Waals surface area contributed by atoms with Gasteiger partial charge in [0.05, 0.1) is 23.6 Å². The summed E-state index contributed by atoms with van der Waals surface area (Å²) in [5, 5.41) is 2.16. The van der Waals surface area contributed by atoms with Crippen molar-refractivity contribution in [2.75, 3.05) is 25.6 Å². The number of nitrogens with one attached hydrogen (secondary N) is 1. The van der Waals surface area contributed by atoms with Gasteiger partial charge < -0.3 is 14.8 Å². The highest BCUT2D eigenvalue weighted by Gasteiger charge is 2.36. The molecule has 10 heteroatoms. The Morgan fingerprint density at radius 3 is 2.71 bits per heavy atom. The van der Waals surface area contributed by atoms with E-state index in [1.807, 2.05) is 6.92 Å². The van der Waals surface area contributed by atoms with Crippen molar-refractivity contribution in [2.45, 2.75) is 6.92 Å². The van der Waals surface area contributed by atoms with E-state index in [0.717, 1.165) is 11.0 Å². The number of anilines is 1. The molecule has 0 bridgehead atoms. The Morgan fingerprint density at radius 1 is 1.26 bits per heavy atom. The van der Waals surface area contributed by atoms with Crippen molar-refractivity contribution in [3.05, 3.63) is 57.7 Å². The van der Waals surface area contributed by atoms with Crippen LogP contribution in [0.4, 0.5) is 14.9 Å². The van der Waals surface area contributed by atoms with Crippen molar-refractivity contribution >= 4 is 52.2 Å². The molecule has 0 aromatic heterocycles. The Kier molecular flexibility index (Phi) is 7.19. The predicted octanol–water partition coefficient (Wildman–Crippen LogP) is 4.56. The Morgan fingerprint density at radius 2 is 2.03 bits per heavy atom. The number of carbonyl (C=O) groups excluding carboxylic acids is 3. The van der Waals surface area contributed by atoms with Crippen LogP contribution in [0.25, 0.3) is 6.08 Å². The van der Waals surface area contributed by atoms with Gasteiger partial charge in [0.25, 0.3) is 11.1 Å². The number of hydrogen-bond acceptors (Lipinski definition) is 6. The molecule has 1 aliphatic heterocycles. The third kappa shape index (κ3) is 5.36. The van der Waals surface area contributed by atoms with Gasteiger partial charge in [-0.25, -0.2) is 4.39 Å². The summed E-state index contributed by atoms with van der Waals surface area (Å²) in [5.41, 5.74) is 0.678. The van der Waals surface area contributed by atoms with Gasteiger partial charge in [-0.3, -0.25) is 19.3 Å². The number of nitrogens with zero attached hydrogens (tertiary/aromatic N) is 1. The summed E-state index contributed by atoms with van der Waals surface area (Å²) in [4.78, 5) is 38.1. The number of ether oxygens (including phenoxy) is 2. The highest BCUT2D eigenvalue weighted by Crippen LogP contribution is 2.37. The van der Waals surface area contributed by atoms with E-state index in [4.69, 9.17) is 21.1 Å². The van der Waals surface area contributed by atoms with Gasteiger partial charge in [-0.05, 0) is 54.6 Å². The molecule has 1 heterocycles. The first-order chi connectivity index (χ1) is 14.8.